The number of carbonyl (C=O) groups is 2. The molecular weight excluding hydrogens is 778 g/mol. The van der Waals surface area contributed by atoms with Gasteiger partial charge in [-0.1, -0.05) is 36.4 Å². The Morgan fingerprint density at radius 1 is 0.948 bits per heavy atom. The molecule has 6 rings (SSSR count). The van der Waals surface area contributed by atoms with E-state index in [1.54, 1.807) is 43.3 Å². The van der Waals surface area contributed by atoms with Crippen LogP contribution in [-0.2, 0) is 21.1 Å². The SMILES string of the molecule is O=S(=O)([O-])c1ccccc1.[C-]#[N+]c1ccc(-n2nccc2-c2c(C)n(-c3cccc(C(F)(F)F)c3)c(=O)n2C(=O)NC2CCC(CNC(=O)C[N+](C)(C)C)CC2)cc1. The molecule has 18 heteroatoms. The van der Waals surface area contributed by atoms with Gasteiger partial charge < -0.3 is 19.7 Å². The van der Waals surface area contributed by atoms with Crippen molar-refractivity contribution in [2.75, 3.05) is 34.2 Å². The number of quaternary nitrogens is 1. The number of halogens is 3. The van der Waals surface area contributed by atoms with Crippen molar-refractivity contribution in [1.29, 1.82) is 0 Å². The molecule has 3 aromatic carbocycles. The molecule has 1 aliphatic carbocycles. The Bertz CT molecular complexity index is 2460. The number of carbonyl (C=O) groups excluding carboxylic acids is 2. The molecule has 2 heterocycles. The van der Waals surface area contributed by atoms with Gasteiger partial charge in [0, 0.05) is 12.6 Å². The van der Waals surface area contributed by atoms with Gasteiger partial charge in [-0.25, -0.2) is 32.1 Å². The highest BCUT2D eigenvalue weighted by Gasteiger charge is 2.33. The molecule has 58 heavy (non-hydrogen) atoms. The summed E-state index contributed by atoms with van der Waals surface area (Å²) in [7, 11) is 1.58. The number of nitrogens with zero attached hydrogens (tertiary/aromatic N) is 6. The molecule has 0 atom stereocenters. The summed E-state index contributed by atoms with van der Waals surface area (Å²) >= 11 is 0. The summed E-state index contributed by atoms with van der Waals surface area (Å²) in [5, 5.41) is 10.4. The Labute approximate surface area is 333 Å². The van der Waals surface area contributed by atoms with Crippen LogP contribution in [0.2, 0.25) is 0 Å². The molecule has 1 fully saturated rings. The van der Waals surface area contributed by atoms with Crippen molar-refractivity contribution in [3.05, 3.63) is 124 Å². The van der Waals surface area contributed by atoms with Crippen LogP contribution in [0.5, 0.6) is 0 Å². The third kappa shape index (κ3) is 10.7. The molecule has 0 aliphatic heterocycles. The molecule has 2 amide bonds. The third-order valence-corrected chi connectivity index (χ3v) is 10.3. The fourth-order valence-corrected chi connectivity index (χ4v) is 7.15. The second-order valence-corrected chi connectivity index (χ2v) is 16.3. The summed E-state index contributed by atoms with van der Waals surface area (Å²) < 4.78 is 75.9. The van der Waals surface area contributed by atoms with E-state index in [0.717, 1.165) is 34.1 Å². The van der Waals surface area contributed by atoms with Gasteiger partial charge in [0.25, 0.3) is 5.91 Å². The van der Waals surface area contributed by atoms with Gasteiger partial charge in [-0.2, -0.15) is 18.3 Å². The average Bonchev–Trinajstić information content (AvgIpc) is 3.75. The van der Waals surface area contributed by atoms with Gasteiger partial charge in [0.15, 0.2) is 12.2 Å². The molecule has 14 nitrogen and oxygen atoms in total. The van der Waals surface area contributed by atoms with Gasteiger partial charge in [0.2, 0.25) is 0 Å². The van der Waals surface area contributed by atoms with E-state index in [9.17, 15) is 40.5 Å². The van der Waals surface area contributed by atoms with E-state index in [0.29, 0.717) is 47.5 Å². The van der Waals surface area contributed by atoms with E-state index >= 15 is 0 Å². The van der Waals surface area contributed by atoms with Crippen molar-refractivity contribution in [2.24, 2.45) is 5.92 Å². The summed E-state index contributed by atoms with van der Waals surface area (Å²) in [6.07, 6.45) is -0.370. The predicted molar refractivity (Wildman–Crippen MR) is 209 cm³/mol. The normalized spacial score (nSPS) is 15.8. The minimum absolute atomic E-state index is 0.0212. The number of rotatable bonds is 9. The molecule has 0 bridgehead atoms. The van der Waals surface area contributed by atoms with Gasteiger partial charge >= 0.3 is 17.9 Å². The summed E-state index contributed by atoms with van der Waals surface area (Å²) in [4.78, 5) is 43.5. The summed E-state index contributed by atoms with van der Waals surface area (Å²) in [5.41, 5.74) is -0.0753. The topological polar surface area (TPSA) is 165 Å². The molecular formula is C40H43F3N8O6S. The Kier molecular flexibility index (Phi) is 13.1. The molecule has 2 N–H and O–H groups in total. The molecule has 0 spiro atoms. The Hall–Kier alpha value is -6.03. The smallest absolute Gasteiger partial charge is 0.416 e. The van der Waals surface area contributed by atoms with Crippen LogP contribution in [0.15, 0.2) is 101 Å². The maximum Gasteiger partial charge on any atom is 0.416 e. The quantitative estimate of drug-likeness (QED) is 0.106. The third-order valence-electron chi connectivity index (χ3n) is 9.44. The van der Waals surface area contributed by atoms with Crippen molar-refractivity contribution in [3.63, 3.8) is 0 Å². The number of likely N-dealkylation sites (N-methyl/N-ethyl adjacent to an activating group) is 1. The minimum atomic E-state index is -4.64. The molecule has 1 aliphatic rings. The van der Waals surface area contributed by atoms with E-state index in [4.69, 9.17) is 6.57 Å². The summed E-state index contributed by atoms with van der Waals surface area (Å²) in [6, 6.07) is 18.8. The number of alkyl halides is 3. The van der Waals surface area contributed by atoms with Crippen LogP contribution in [0.4, 0.5) is 23.7 Å². The van der Waals surface area contributed by atoms with E-state index in [2.05, 4.69) is 20.6 Å². The van der Waals surface area contributed by atoms with E-state index in [1.165, 1.54) is 47.3 Å². The molecule has 306 valence electrons. The molecule has 0 unspecified atom stereocenters. The Balaban J connectivity index is 0.000000559. The maximum absolute atomic E-state index is 14.1. The van der Waals surface area contributed by atoms with Gasteiger partial charge in [-0.05, 0) is 87.1 Å². The van der Waals surface area contributed by atoms with Crippen LogP contribution < -0.4 is 16.3 Å². The zero-order valence-corrected chi connectivity index (χ0v) is 33.0. The van der Waals surface area contributed by atoms with Crippen LogP contribution in [0.3, 0.4) is 0 Å². The number of hydrogen-bond donors (Lipinski definition) is 2. The van der Waals surface area contributed by atoms with Crippen molar-refractivity contribution in [1.82, 2.24) is 29.5 Å². The van der Waals surface area contributed by atoms with Gasteiger partial charge in [-0.15, -0.1) is 0 Å². The summed E-state index contributed by atoms with van der Waals surface area (Å²) in [6.45, 7) is 9.72. The van der Waals surface area contributed by atoms with E-state index in [1.807, 2.05) is 21.1 Å². The van der Waals surface area contributed by atoms with Crippen molar-refractivity contribution >= 4 is 27.7 Å². The Morgan fingerprint density at radius 3 is 2.17 bits per heavy atom. The molecule has 0 saturated heterocycles. The highest BCUT2D eigenvalue weighted by atomic mass is 32.2. The van der Waals surface area contributed by atoms with Crippen LogP contribution in [-0.4, -0.2) is 88.6 Å². The first kappa shape index (κ1) is 43.1. The fraction of sp³-hybridized carbons (Fsp3) is 0.325. The van der Waals surface area contributed by atoms with Gasteiger partial charge in [-0.3, -0.25) is 9.36 Å². The van der Waals surface area contributed by atoms with E-state index in [-0.39, 0.29) is 39.8 Å². The lowest BCUT2D eigenvalue weighted by molar-refractivity contribution is -0.862. The Morgan fingerprint density at radius 2 is 1.60 bits per heavy atom. The van der Waals surface area contributed by atoms with Crippen LogP contribution in [0.1, 0.15) is 36.9 Å². The largest absolute Gasteiger partial charge is 0.744 e. The monoisotopic (exact) mass is 820 g/mol. The minimum Gasteiger partial charge on any atom is -0.744 e. The molecule has 5 aromatic rings. The van der Waals surface area contributed by atoms with E-state index < -0.39 is 33.6 Å². The second-order valence-electron chi connectivity index (χ2n) is 14.9. The highest BCUT2D eigenvalue weighted by Crippen LogP contribution is 2.32. The lowest BCUT2D eigenvalue weighted by Gasteiger charge is -2.29. The second kappa shape index (κ2) is 17.6. The number of imidazole rings is 1. The first-order chi connectivity index (χ1) is 27.3. The molecule has 2 aromatic heterocycles. The molecule has 1 saturated carbocycles. The van der Waals surface area contributed by atoms with Crippen molar-refractivity contribution < 1.29 is 40.2 Å². The van der Waals surface area contributed by atoms with Crippen LogP contribution in [0, 0.1) is 19.4 Å². The fourth-order valence-electron chi connectivity index (χ4n) is 6.66. The number of amides is 2. The lowest BCUT2D eigenvalue weighted by atomic mass is 9.86. The number of nitrogens with one attached hydrogen (secondary N) is 2. The zero-order chi connectivity index (χ0) is 42.4. The number of benzene rings is 3. The molecule has 0 radical (unpaired) electrons. The zero-order valence-electron chi connectivity index (χ0n) is 32.2. The van der Waals surface area contributed by atoms with Gasteiger partial charge in [0.1, 0.15) is 15.8 Å². The van der Waals surface area contributed by atoms with Crippen LogP contribution in [0.25, 0.3) is 27.6 Å². The average molecular weight is 821 g/mol. The summed E-state index contributed by atoms with van der Waals surface area (Å²) in [5.74, 6) is 0.229. The predicted octanol–water partition coefficient (Wildman–Crippen LogP) is 5.90. The number of aromatic nitrogens is 4. The standard InChI is InChI=1S/C34H37F3N8O3.C6H6O3S/c1-22-31(29-17-18-40-44(29)27-15-13-25(38-2)14-16-27)43(33(48)42(22)28-8-6-7-24(19-28)34(35,36)37)32(47)41-26-11-9-23(10-12-26)20-39-30(46)21-45(3,4)5;7-10(8,9)6-4-2-1-3-5-6/h6-8,13-19,23,26H,9-12,20-21H2,1,3-5H3,(H-,39,41,46,47);1-5H,(H,7,8,9). The first-order valence-corrected chi connectivity index (χ1v) is 19.6. The van der Waals surface area contributed by atoms with Gasteiger partial charge in [0.05, 0.1) is 67.1 Å². The first-order valence-electron chi connectivity index (χ1n) is 18.2. The number of hydrogen-bond acceptors (Lipinski definition) is 7. The van der Waals surface area contributed by atoms with Crippen molar-refractivity contribution in [3.8, 4) is 22.8 Å². The van der Waals surface area contributed by atoms with Crippen molar-refractivity contribution in [2.45, 2.75) is 49.7 Å². The highest BCUT2D eigenvalue weighted by molar-refractivity contribution is 7.85. The van der Waals surface area contributed by atoms with Crippen LogP contribution >= 0.6 is 0 Å². The maximum atomic E-state index is 14.1. The lowest BCUT2D eigenvalue weighted by Crippen LogP contribution is -2.46.